The molecule has 2 amide bonds. The second-order valence-electron chi connectivity index (χ2n) is 6.08. The molecule has 1 N–H and O–H groups in total. The van der Waals surface area contributed by atoms with E-state index in [-0.39, 0.29) is 24.9 Å². The number of carbonyl (C=O) groups is 2. The number of amides is 2. The number of rotatable bonds is 7. The summed E-state index contributed by atoms with van der Waals surface area (Å²) in [6.45, 7) is 3.44. The Labute approximate surface area is 142 Å². The third-order valence-electron chi connectivity index (χ3n) is 3.66. The van der Waals surface area contributed by atoms with Crippen molar-refractivity contribution in [3.63, 3.8) is 0 Å². The smallest absolute Gasteiger partial charge is 0.238 e. The fourth-order valence-electron chi connectivity index (χ4n) is 1.93. The highest BCUT2D eigenvalue weighted by Crippen LogP contribution is 2.16. The molecule has 0 atom stereocenters. The van der Waals surface area contributed by atoms with Gasteiger partial charge in [0.25, 0.3) is 0 Å². The van der Waals surface area contributed by atoms with E-state index < -0.39 is 5.54 Å². The van der Waals surface area contributed by atoms with Gasteiger partial charge in [0.05, 0.1) is 26.3 Å². The Bertz CT molecular complexity index is 637. The lowest BCUT2D eigenvalue weighted by Crippen LogP contribution is -2.48. The molecule has 0 saturated carbocycles. The maximum absolute atomic E-state index is 12.2. The molecule has 130 valence electrons. The van der Waals surface area contributed by atoms with Gasteiger partial charge in [-0.3, -0.25) is 14.5 Å². The number of hydrogen-bond donors (Lipinski definition) is 1. The summed E-state index contributed by atoms with van der Waals surface area (Å²) in [7, 11) is 4.81. The molecule has 0 unspecified atom stereocenters. The summed E-state index contributed by atoms with van der Waals surface area (Å²) in [5.74, 6) is 0.190. The zero-order chi connectivity index (χ0) is 18.3. The average Bonchev–Trinajstić information content (AvgIpc) is 2.53. The SMILES string of the molecule is COc1cccc(NC(=O)CN(C)CC(=O)N(C)C(C)(C)C#N)c1. The van der Waals surface area contributed by atoms with Crippen LogP contribution in [0.25, 0.3) is 0 Å². The maximum atomic E-state index is 12.2. The number of nitriles is 1. The van der Waals surface area contributed by atoms with Gasteiger partial charge in [0.2, 0.25) is 11.8 Å². The second kappa shape index (κ2) is 8.31. The van der Waals surface area contributed by atoms with Crippen molar-refractivity contribution in [1.29, 1.82) is 5.26 Å². The molecule has 1 rings (SSSR count). The number of ether oxygens (including phenoxy) is 1. The Balaban J connectivity index is 2.55. The highest BCUT2D eigenvalue weighted by Gasteiger charge is 2.27. The predicted molar refractivity (Wildman–Crippen MR) is 91.6 cm³/mol. The number of nitrogens with zero attached hydrogens (tertiary/aromatic N) is 3. The number of hydrogen-bond acceptors (Lipinski definition) is 5. The van der Waals surface area contributed by atoms with E-state index in [2.05, 4.69) is 11.4 Å². The highest BCUT2D eigenvalue weighted by atomic mass is 16.5. The van der Waals surface area contributed by atoms with E-state index in [1.54, 1.807) is 64.2 Å². The maximum Gasteiger partial charge on any atom is 0.238 e. The summed E-state index contributed by atoms with van der Waals surface area (Å²) < 4.78 is 5.10. The topological polar surface area (TPSA) is 85.7 Å². The Morgan fingerprint density at radius 2 is 1.96 bits per heavy atom. The van der Waals surface area contributed by atoms with Gasteiger partial charge in [-0.25, -0.2) is 0 Å². The second-order valence-corrected chi connectivity index (χ2v) is 6.08. The van der Waals surface area contributed by atoms with Crippen molar-refractivity contribution in [1.82, 2.24) is 9.80 Å². The molecule has 0 aliphatic carbocycles. The third-order valence-corrected chi connectivity index (χ3v) is 3.66. The van der Waals surface area contributed by atoms with Crippen LogP contribution >= 0.6 is 0 Å². The van der Waals surface area contributed by atoms with Crippen LogP contribution in [-0.4, -0.2) is 61.4 Å². The summed E-state index contributed by atoms with van der Waals surface area (Å²) in [6, 6.07) is 9.11. The molecule has 0 saturated heterocycles. The van der Waals surface area contributed by atoms with Crippen LogP contribution in [0.15, 0.2) is 24.3 Å². The van der Waals surface area contributed by atoms with Crippen molar-refractivity contribution in [3.05, 3.63) is 24.3 Å². The Kier molecular flexibility index (Phi) is 6.74. The average molecular weight is 332 g/mol. The largest absolute Gasteiger partial charge is 0.497 e. The highest BCUT2D eigenvalue weighted by molar-refractivity contribution is 5.92. The van der Waals surface area contributed by atoms with Crippen LogP contribution in [0.2, 0.25) is 0 Å². The first-order chi connectivity index (χ1) is 11.2. The van der Waals surface area contributed by atoms with Gasteiger partial charge in [0, 0.05) is 18.8 Å². The Hall–Kier alpha value is -2.59. The molecule has 0 aromatic heterocycles. The number of carbonyl (C=O) groups excluding carboxylic acids is 2. The fraction of sp³-hybridized carbons (Fsp3) is 0.471. The first-order valence-electron chi connectivity index (χ1n) is 7.50. The summed E-state index contributed by atoms with van der Waals surface area (Å²) >= 11 is 0. The van der Waals surface area contributed by atoms with Crippen molar-refractivity contribution in [2.75, 3.05) is 39.6 Å². The summed E-state index contributed by atoms with van der Waals surface area (Å²) in [5, 5.41) is 11.8. The van der Waals surface area contributed by atoms with Crippen LogP contribution in [-0.2, 0) is 9.59 Å². The minimum atomic E-state index is -0.888. The minimum Gasteiger partial charge on any atom is -0.497 e. The molecule has 0 radical (unpaired) electrons. The predicted octanol–water partition coefficient (Wildman–Crippen LogP) is 1.33. The van der Waals surface area contributed by atoms with Crippen LogP contribution in [0.4, 0.5) is 5.69 Å². The standard InChI is InChI=1S/C17H24N4O3/c1-17(2,12-18)21(4)16(23)11-20(3)10-15(22)19-13-7-6-8-14(9-13)24-5/h6-9H,10-11H2,1-5H3,(H,19,22). The van der Waals surface area contributed by atoms with Crippen molar-refractivity contribution < 1.29 is 14.3 Å². The van der Waals surface area contributed by atoms with E-state index in [1.165, 1.54) is 4.90 Å². The zero-order valence-corrected chi connectivity index (χ0v) is 14.8. The minimum absolute atomic E-state index is 0.0488. The first-order valence-corrected chi connectivity index (χ1v) is 7.50. The molecule has 0 fully saturated rings. The van der Waals surface area contributed by atoms with Gasteiger partial charge < -0.3 is 15.0 Å². The van der Waals surface area contributed by atoms with Crippen LogP contribution in [0, 0.1) is 11.3 Å². The van der Waals surface area contributed by atoms with Crippen LogP contribution in [0.5, 0.6) is 5.75 Å². The van der Waals surface area contributed by atoms with E-state index in [4.69, 9.17) is 10.00 Å². The van der Waals surface area contributed by atoms with Gasteiger partial charge in [-0.15, -0.1) is 0 Å². The van der Waals surface area contributed by atoms with Crippen molar-refractivity contribution in [3.8, 4) is 11.8 Å². The number of likely N-dealkylation sites (N-methyl/N-ethyl adjacent to an activating group) is 2. The van der Waals surface area contributed by atoms with Crippen molar-refractivity contribution in [2.45, 2.75) is 19.4 Å². The molecule has 1 aromatic carbocycles. The lowest BCUT2D eigenvalue weighted by atomic mass is 10.1. The number of anilines is 1. The summed E-state index contributed by atoms with van der Waals surface area (Å²) in [5.41, 5.74) is -0.261. The lowest BCUT2D eigenvalue weighted by Gasteiger charge is -2.30. The van der Waals surface area contributed by atoms with E-state index in [0.29, 0.717) is 11.4 Å². The molecule has 0 heterocycles. The Morgan fingerprint density at radius 3 is 2.54 bits per heavy atom. The molecule has 7 heteroatoms. The first kappa shape index (κ1) is 19.5. The van der Waals surface area contributed by atoms with Gasteiger partial charge in [0.15, 0.2) is 0 Å². The van der Waals surface area contributed by atoms with E-state index in [9.17, 15) is 9.59 Å². The van der Waals surface area contributed by atoms with Gasteiger partial charge in [-0.2, -0.15) is 5.26 Å². The van der Waals surface area contributed by atoms with Crippen LogP contribution < -0.4 is 10.1 Å². The number of methoxy groups -OCH3 is 1. The quantitative estimate of drug-likeness (QED) is 0.814. The molecule has 7 nitrogen and oxygen atoms in total. The number of nitrogens with one attached hydrogen (secondary N) is 1. The fourth-order valence-corrected chi connectivity index (χ4v) is 1.93. The van der Waals surface area contributed by atoms with Gasteiger partial charge in [-0.05, 0) is 33.0 Å². The van der Waals surface area contributed by atoms with Gasteiger partial charge in [-0.1, -0.05) is 6.07 Å². The van der Waals surface area contributed by atoms with E-state index >= 15 is 0 Å². The van der Waals surface area contributed by atoms with Crippen molar-refractivity contribution in [2.24, 2.45) is 0 Å². The van der Waals surface area contributed by atoms with Gasteiger partial charge in [0.1, 0.15) is 11.3 Å². The third kappa shape index (κ3) is 5.56. The summed E-state index contributed by atoms with van der Waals surface area (Å²) in [4.78, 5) is 27.2. The Morgan fingerprint density at radius 1 is 1.29 bits per heavy atom. The molecule has 0 spiro atoms. The molecular formula is C17H24N4O3. The lowest BCUT2D eigenvalue weighted by molar-refractivity contribution is -0.134. The molecule has 0 aliphatic heterocycles. The van der Waals surface area contributed by atoms with Crippen LogP contribution in [0.1, 0.15) is 13.8 Å². The molecule has 0 bridgehead atoms. The monoisotopic (exact) mass is 332 g/mol. The molecule has 1 aromatic rings. The molecule has 24 heavy (non-hydrogen) atoms. The van der Waals surface area contributed by atoms with Crippen molar-refractivity contribution >= 4 is 17.5 Å². The normalized spacial score (nSPS) is 10.9. The van der Waals surface area contributed by atoms with Crippen LogP contribution in [0.3, 0.4) is 0 Å². The van der Waals surface area contributed by atoms with E-state index in [0.717, 1.165) is 0 Å². The zero-order valence-electron chi connectivity index (χ0n) is 14.8. The van der Waals surface area contributed by atoms with Gasteiger partial charge >= 0.3 is 0 Å². The number of benzene rings is 1. The summed E-state index contributed by atoms with van der Waals surface area (Å²) in [6.07, 6.45) is 0. The molecule has 0 aliphatic rings. The molecular weight excluding hydrogens is 308 g/mol. The van der Waals surface area contributed by atoms with E-state index in [1.807, 2.05) is 0 Å².